The van der Waals surface area contributed by atoms with Crippen molar-refractivity contribution in [2.75, 3.05) is 9.80 Å². The fourth-order valence-electron chi connectivity index (χ4n) is 10.4. The molecule has 6 aromatic carbocycles. The van der Waals surface area contributed by atoms with E-state index in [9.17, 15) is 0 Å². The SMILES string of the molecule is Cc1cc2c3c(c1)N(c1c(C)cc(C(C)(C)C)cc1C)c1c(sc4ccc(C(C)(C)C)cc14)B3c1cc(C(C)(C)C)ccc1N2c1c(C)cc(-c2coc3ccccc23)cc1C. The zero-order valence-electron chi connectivity index (χ0n) is 39.1. The highest BCUT2D eigenvalue weighted by Crippen LogP contribution is 2.52. The molecule has 0 unspecified atom stereocenters. The van der Waals surface area contributed by atoms with Crippen LogP contribution in [-0.4, -0.2) is 6.71 Å². The number of thiophene rings is 1. The van der Waals surface area contributed by atoms with E-state index in [0.29, 0.717) is 0 Å². The summed E-state index contributed by atoms with van der Waals surface area (Å²) in [5.41, 5.74) is 24.1. The number of benzene rings is 6. The van der Waals surface area contributed by atoms with Gasteiger partial charge in [-0.1, -0.05) is 111 Å². The van der Waals surface area contributed by atoms with Crippen LogP contribution in [-0.2, 0) is 16.2 Å². The number of hydrogen-bond donors (Lipinski definition) is 0. The molecule has 2 aromatic heterocycles. The second-order valence-corrected chi connectivity index (χ2v) is 22.5. The molecule has 0 atom stereocenters. The molecule has 0 saturated heterocycles. The molecule has 4 heterocycles. The number of nitrogens with zero attached hydrogens (tertiary/aromatic N) is 2. The van der Waals surface area contributed by atoms with Gasteiger partial charge in [0.15, 0.2) is 0 Å². The second-order valence-electron chi connectivity index (χ2n) is 21.4. The van der Waals surface area contributed by atoms with Crippen molar-refractivity contribution in [3.8, 4) is 11.1 Å². The van der Waals surface area contributed by atoms with Crippen molar-refractivity contribution in [1.82, 2.24) is 0 Å². The average Bonchev–Trinajstić information content (AvgIpc) is 3.79. The molecule has 312 valence electrons. The van der Waals surface area contributed by atoms with Gasteiger partial charge in [-0.05, 0) is 160 Å². The van der Waals surface area contributed by atoms with Crippen LogP contribution in [0, 0.1) is 34.6 Å². The number of furan rings is 1. The maximum Gasteiger partial charge on any atom is 0.264 e. The van der Waals surface area contributed by atoms with Gasteiger partial charge in [0.1, 0.15) is 5.58 Å². The Morgan fingerprint density at radius 1 is 0.516 bits per heavy atom. The summed E-state index contributed by atoms with van der Waals surface area (Å²) in [6.45, 7) is 32.6. The zero-order valence-corrected chi connectivity index (χ0v) is 39.9. The molecule has 0 radical (unpaired) electrons. The standard InChI is InChI=1S/C57H59BN2OS/c1-32-23-46-50-47(24-32)60(52-35(4)27-40(28-36(52)5)57(12,13)14)53-42-29-38(55(6,7)8)20-22-49(42)62-54(53)58(50)44-30-39(56(9,10)11)19-21-45(44)59(46)51-33(2)25-37(26-34(51)3)43-31-61-48-18-16-15-17-41(43)48/h15-31H,1-14H3. The Balaban J connectivity index is 1.30. The molecule has 5 heteroatoms. The number of para-hydroxylation sites is 1. The van der Waals surface area contributed by atoms with Crippen LogP contribution in [0.15, 0.2) is 108 Å². The van der Waals surface area contributed by atoms with Crippen LogP contribution in [0.2, 0.25) is 0 Å². The highest BCUT2D eigenvalue weighted by molar-refractivity contribution is 7.33. The van der Waals surface area contributed by atoms with Crippen molar-refractivity contribution in [1.29, 1.82) is 0 Å². The molecule has 0 aliphatic carbocycles. The van der Waals surface area contributed by atoms with Gasteiger partial charge in [0.2, 0.25) is 0 Å². The summed E-state index contributed by atoms with van der Waals surface area (Å²) in [4.78, 5) is 5.30. The molecule has 0 spiro atoms. The van der Waals surface area contributed by atoms with Crippen LogP contribution in [0.5, 0.6) is 0 Å². The van der Waals surface area contributed by atoms with Crippen LogP contribution >= 0.6 is 11.3 Å². The van der Waals surface area contributed by atoms with E-state index in [2.05, 4.69) is 198 Å². The maximum atomic E-state index is 6.06. The van der Waals surface area contributed by atoms with Crippen molar-refractivity contribution in [2.24, 2.45) is 0 Å². The highest BCUT2D eigenvalue weighted by Gasteiger charge is 2.46. The molecule has 3 nitrogen and oxygen atoms in total. The lowest BCUT2D eigenvalue weighted by molar-refractivity contribution is 0.589. The highest BCUT2D eigenvalue weighted by atomic mass is 32.1. The quantitative estimate of drug-likeness (QED) is 0.165. The lowest BCUT2D eigenvalue weighted by Gasteiger charge is -2.45. The van der Waals surface area contributed by atoms with Crippen molar-refractivity contribution >= 4 is 88.9 Å². The van der Waals surface area contributed by atoms with Crippen LogP contribution in [0.25, 0.3) is 32.2 Å². The number of fused-ring (bicyclic) bond motifs is 7. The van der Waals surface area contributed by atoms with Crippen LogP contribution in [0.4, 0.5) is 34.1 Å². The molecule has 0 N–H and O–H groups in total. The molecule has 0 fully saturated rings. The molecule has 62 heavy (non-hydrogen) atoms. The van der Waals surface area contributed by atoms with E-state index in [-0.39, 0.29) is 23.0 Å². The first kappa shape index (κ1) is 40.6. The van der Waals surface area contributed by atoms with E-state index in [1.165, 1.54) is 110 Å². The largest absolute Gasteiger partial charge is 0.464 e. The third-order valence-corrected chi connectivity index (χ3v) is 14.8. The Morgan fingerprint density at radius 3 is 1.73 bits per heavy atom. The molecule has 10 rings (SSSR count). The first-order valence-electron chi connectivity index (χ1n) is 22.4. The van der Waals surface area contributed by atoms with Crippen LogP contribution < -0.4 is 25.5 Å². The molecule has 2 aliphatic rings. The van der Waals surface area contributed by atoms with Gasteiger partial charge >= 0.3 is 0 Å². The third kappa shape index (κ3) is 6.21. The fourth-order valence-corrected chi connectivity index (χ4v) is 11.7. The number of aryl methyl sites for hydroxylation is 5. The molecular formula is C57H59BN2OS. The number of rotatable bonds is 3. The smallest absolute Gasteiger partial charge is 0.264 e. The predicted octanol–water partition coefficient (Wildman–Crippen LogP) is 14.8. The summed E-state index contributed by atoms with van der Waals surface area (Å²) in [7, 11) is 0. The molecule has 0 saturated carbocycles. The number of hydrogen-bond acceptors (Lipinski definition) is 4. The Labute approximate surface area is 373 Å². The summed E-state index contributed by atoms with van der Waals surface area (Å²) in [6.07, 6.45) is 1.92. The van der Waals surface area contributed by atoms with E-state index in [0.717, 1.165) is 16.5 Å². The molecule has 0 amide bonds. The van der Waals surface area contributed by atoms with E-state index < -0.39 is 0 Å². The normalized spacial score (nSPS) is 13.9. The lowest BCUT2D eigenvalue weighted by atomic mass is 9.36. The van der Waals surface area contributed by atoms with Gasteiger partial charge in [0.25, 0.3) is 6.71 Å². The summed E-state index contributed by atoms with van der Waals surface area (Å²) in [6, 6.07) is 37.5. The average molecular weight is 831 g/mol. The van der Waals surface area contributed by atoms with E-state index >= 15 is 0 Å². The maximum absolute atomic E-state index is 6.06. The van der Waals surface area contributed by atoms with Gasteiger partial charge in [-0.2, -0.15) is 0 Å². The minimum absolute atomic E-state index is 0.0138. The van der Waals surface area contributed by atoms with Gasteiger partial charge < -0.3 is 14.2 Å². The van der Waals surface area contributed by atoms with Gasteiger partial charge in [-0.15, -0.1) is 11.3 Å². The molecule has 8 aromatic rings. The van der Waals surface area contributed by atoms with Gasteiger partial charge in [0.05, 0.1) is 23.3 Å². The fraction of sp³-hybridized carbons (Fsp3) is 0.298. The van der Waals surface area contributed by atoms with Gasteiger partial charge in [-0.3, -0.25) is 0 Å². The van der Waals surface area contributed by atoms with Crippen molar-refractivity contribution in [2.45, 2.75) is 113 Å². The Kier molecular flexibility index (Phi) is 8.99. The lowest BCUT2D eigenvalue weighted by Crippen LogP contribution is -2.60. The zero-order chi connectivity index (χ0) is 43.9. The first-order chi connectivity index (χ1) is 29.2. The minimum atomic E-state index is -0.0224. The topological polar surface area (TPSA) is 19.6 Å². The Hall–Kier alpha value is -5.52. The van der Waals surface area contributed by atoms with Crippen molar-refractivity contribution in [3.05, 3.63) is 148 Å². The monoisotopic (exact) mass is 830 g/mol. The molecule has 0 bridgehead atoms. The Bertz CT molecular complexity index is 3110. The van der Waals surface area contributed by atoms with Gasteiger partial charge in [-0.25, -0.2) is 0 Å². The van der Waals surface area contributed by atoms with Crippen LogP contribution in [0.1, 0.15) is 107 Å². The van der Waals surface area contributed by atoms with E-state index in [4.69, 9.17) is 4.42 Å². The van der Waals surface area contributed by atoms with Crippen molar-refractivity contribution < 1.29 is 4.42 Å². The Morgan fingerprint density at radius 2 is 1.08 bits per heavy atom. The summed E-state index contributed by atoms with van der Waals surface area (Å²) < 4.78 is 8.82. The summed E-state index contributed by atoms with van der Waals surface area (Å²) in [5, 5.41) is 2.48. The van der Waals surface area contributed by atoms with Crippen molar-refractivity contribution in [3.63, 3.8) is 0 Å². The molecular weight excluding hydrogens is 772 g/mol. The predicted molar refractivity (Wildman–Crippen MR) is 271 cm³/mol. The second kappa shape index (κ2) is 13.7. The van der Waals surface area contributed by atoms with Crippen LogP contribution in [0.3, 0.4) is 0 Å². The summed E-state index contributed by atoms with van der Waals surface area (Å²) in [5.74, 6) is 0. The van der Waals surface area contributed by atoms with E-state index in [1.807, 2.05) is 23.7 Å². The number of anilines is 6. The first-order valence-corrected chi connectivity index (χ1v) is 23.2. The molecule has 2 aliphatic heterocycles. The summed E-state index contributed by atoms with van der Waals surface area (Å²) >= 11 is 1.99. The third-order valence-electron chi connectivity index (χ3n) is 13.6. The van der Waals surface area contributed by atoms with E-state index in [1.54, 1.807) is 0 Å². The minimum Gasteiger partial charge on any atom is -0.464 e. The van der Waals surface area contributed by atoms with Gasteiger partial charge in [0, 0.05) is 42.9 Å².